The third-order valence-electron chi connectivity index (χ3n) is 4.51. The molecule has 0 heterocycles. The number of rotatable bonds is 7. The second kappa shape index (κ2) is 18.5. The van der Waals surface area contributed by atoms with Crippen LogP contribution >= 0.6 is 10.7 Å². The molecule has 2 aromatic rings. The van der Waals surface area contributed by atoms with Gasteiger partial charge < -0.3 is 10.0 Å². The average Bonchev–Trinajstić information content (AvgIpc) is 2.84. The van der Waals surface area contributed by atoms with Crippen LogP contribution in [0, 0.1) is 13.8 Å². The topological polar surface area (TPSA) is 101 Å². The van der Waals surface area contributed by atoms with E-state index in [0.29, 0.717) is 0 Å². The number of aliphatic hydroxyl groups excluding tert-OH is 1. The summed E-state index contributed by atoms with van der Waals surface area (Å²) >= 11 is 0. The second-order valence-corrected chi connectivity index (χ2v) is 12.0. The summed E-state index contributed by atoms with van der Waals surface area (Å²) in [5, 5.41) is 7.28. The summed E-state index contributed by atoms with van der Waals surface area (Å²) in [5.74, 6) is 0. The Labute approximate surface area is 236 Å². The van der Waals surface area contributed by atoms with Gasteiger partial charge in [-0.25, -0.2) is 8.42 Å². The number of aryl methyl sites for hydroxylation is 2. The number of nitrogens with zero attached hydrogens (tertiary/aromatic N) is 1. The van der Waals surface area contributed by atoms with Gasteiger partial charge >= 0.3 is 12.4 Å². The van der Waals surface area contributed by atoms with Gasteiger partial charge in [-0.1, -0.05) is 56.2 Å². The first kappa shape index (κ1) is 40.2. The first-order chi connectivity index (χ1) is 18.1. The molecule has 0 spiro atoms. The number of aliphatic hydroxyl groups is 1. The summed E-state index contributed by atoms with van der Waals surface area (Å²) in [7, 11) is -2.79. The molecule has 0 saturated carbocycles. The van der Waals surface area contributed by atoms with E-state index in [1.165, 1.54) is 56.0 Å². The predicted molar refractivity (Wildman–Crippen MR) is 141 cm³/mol. The van der Waals surface area contributed by atoms with E-state index in [9.17, 15) is 43.2 Å². The molecule has 0 aliphatic rings. The first-order valence-corrected chi connectivity index (χ1v) is 15.3. The smallest absolute Gasteiger partial charge is 0.387 e. The van der Waals surface area contributed by atoms with Crippen molar-refractivity contribution in [3.8, 4) is 0 Å². The maximum absolute atomic E-state index is 11.8. The molecule has 2 aromatic carbocycles. The zero-order valence-electron chi connectivity index (χ0n) is 22.6. The molecule has 0 aliphatic carbocycles. The van der Waals surface area contributed by atoms with E-state index in [1.54, 1.807) is 19.1 Å². The van der Waals surface area contributed by atoms with E-state index in [0.717, 1.165) is 11.1 Å². The van der Waals surface area contributed by atoms with Crippen LogP contribution in [0.4, 0.5) is 26.3 Å². The predicted octanol–water partition coefficient (Wildman–Crippen LogP) is 6.07. The molecule has 0 amide bonds. The van der Waals surface area contributed by atoms with Gasteiger partial charge in [0.15, 0.2) is 6.61 Å². The van der Waals surface area contributed by atoms with Crippen molar-refractivity contribution in [2.75, 3.05) is 32.8 Å². The Morgan fingerprint density at radius 2 is 1.05 bits per heavy atom. The molecule has 0 fully saturated rings. The van der Waals surface area contributed by atoms with Crippen LogP contribution in [-0.4, -0.2) is 72.0 Å². The third-order valence-corrected chi connectivity index (χ3v) is 7.16. The molecule has 16 heteroatoms. The molecule has 0 aliphatic heterocycles. The first-order valence-electron chi connectivity index (χ1n) is 11.6. The third kappa shape index (κ3) is 20.9. The highest BCUT2D eigenvalue weighted by molar-refractivity contribution is 8.13. The van der Waals surface area contributed by atoms with E-state index in [1.807, 2.05) is 6.92 Å². The number of alkyl halides is 6. The molecule has 0 unspecified atom stereocenters. The molecule has 2 rings (SSSR count). The molecule has 0 bridgehead atoms. The Morgan fingerprint density at radius 1 is 0.725 bits per heavy atom. The number of hydrogen-bond donors (Lipinski definition) is 1. The van der Waals surface area contributed by atoms with Crippen LogP contribution in [0.5, 0.6) is 0 Å². The lowest BCUT2D eigenvalue weighted by Gasteiger charge is -2.13. The van der Waals surface area contributed by atoms with Gasteiger partial charge in [-0.2, -0.15) is 34.8 Å². The highest BCUT2D eigenvalue weighted by atomic mass is 35.7. The van der Waals surface area contributed by atoms with Gasteiger partial charge in [0.25, 0.3) is 19.2 Å². The Bertz CT molecular complexity index is 1160. The van der Waals surface area contributed by atoms with Gasteiger partial charge in [0.1, 0.15) is 6.61 Å². The minimum Gasteiger partial charge on any atom is -0.387 e. The Balaban J connectivity index is 0. The van der Waals surface area contributed by atoms with E-state index in [4.69, 9.17) is 15.8 Å². The maximum Gasteiger partial charge on any atom is 0.413 e. The lowest BCUT2D eigenvalue weighted by atomic mass is 10.2. The molecular weight excluding hydrogens is 612 g/mol. The molecule has 40 heavy (non-hydrogen) atoms. The van der Waals surface area contributed by atoms with Crippen LogP contribution < -0.4 is 0 Å². The lowest BCUT2D eigenvalue weighted by molar-refractivity contribution is -0.159. The van der Waals surface area contributed by atoms with E-state index >= 15 is 0 Å². The zero-order valence-corrected chi connectivity index (χ0v) is 24.9. The van der Waals surface area contributed by atoms with Crippen LogP contribution in [0.25, 0.3) is 0 Å². The molecule has 232 valence electrons. The standard InChI is InChI=1S/C9H9F3O3S.C7H7ClO2S.C6H15N.C2H3F3O/c1-7-2-4-8(5-3-7)16(13,14)15-6-9(10,11)12;1-6-2-4-7(5-3-6)11(8,9)10;1-4-7(5-2)6-3;3-2(4,5)1-6/h2-5H,6H2,1H3;2-5H,1H3;4-6H2,1-3H3;6H,1H2. The normalized spacial score (nSPS) is 11.8. The lowest BCUT2D eigenvalue weighted by Crippen LogP contribution is -2.21. The van der Waals surface area contributed by atoms with Crippen molar-refractivity contribution in [1.29, 1.82) is 0 Å². The molecule has 0 radical (unpaired) electrons. The average molecular weight is 646 g/mol. The van der Waals surface area contributed by atoms with E-state index in [-0.39, 0.29) is 9.79 Å². The van der Waals surface area contributed by atoms with Crippen molar-refractivity contribution in [2.45, 2.75) is 56.8 Å². The summed E-state index contributed by atoms with van der Waals surface area (Å²) in [6.07, 6.45) is -9.07. The van der Waals surface area contributed by atoms with Gasteiger partial charge in [-0.15, -0.1) is 0 Å². The summed E-state index contributed by atoms with van der Waals surface area (Å²) in [5.41, 5.74) is 1.81. The van der Waals surface area contributed by atoms with Crippen molar-refractivity contribution in [3.63, 3.8) is 0 Å². The van der Waals surface area contributed by atoms with Gasteiger partial charge in [-0.3, -0.25) is 4.18 Å². The summed E-state index contributed by atoms with van der Waals surface area (Å²) in [6.45, 7) is 10.2. The van der Waals surface area contributed by atoms with Crippen LogP contribution in [0.2, 0.25) is 0 Å². The quantitative estimate of drug-likeness (QED) is 0.221. The highest BCUT2D eigenvalue weighted by Gasteiger charge is 2.31. The van der Waals surface area contributed by atoms with Crippen molar-refractivity contribution in [3.05, 3.63) is 59.7 Å². The Morgan fingerprint density at radius 3 is 1.27 bits per heavy atom. The number of hydrogen-bond acceptors (Lipinski definition) is 7. The van der Waals surface area contributed by atoms with Gasteiger partial charge in [-0.05, 0) is 57.7 Å². The monoisotopic (exact) mass is 645 g/mol. The molecular formula is C24H34ClF6NO6S2. The van der Waals surface area contributed by atoms with Crippen molar-refractivity contribution >= 4 is 29.9 Å². The van der Waals surface area contributed by atoms with Gasteiger partial charge in [0.05, 0.1) is 9.79 Å². The van der Waals surface area contributed by atoms with Crippen molar-refractivity contribution in [2.24, 2.45) is 0 Å². The summed E-state index contributed by atoms with van der Waals surface area (Å²) in [4.78, 5) is 2.23. The van der Waals surface area contributed by atoms with Crippen molar-refractivity contribution in [1.82, 2.24) is 4.90 Å². The molecule has 0 aromatic heterocycles. The van der Waals surface area contributed by atoms with Gasteiger partial charge in [0.2, 0.25) is 0 Å². The molecule has 1 N–H and O–H groups in total. The van der Waals surface area contributed by atoms with E-state index < -0.39 is 44.7 Å². The maximum atomic E-state index is 11.8. The van der Waals surface area contributed by atoms with E-state index in [2.05, 4.69) is 29.9 Å². The van der Waals surface area contributed by atoms with Crippen LogP contribution in [0.1, 0.15) is 31.9 Å². The SMILES string of the molecule is CCN(CC)CC.Cc1ccc(S(=O)(=O)Cl)cc1.Cc1ccc(S(=O)(=O)OCC(F)(F)F)cc1.OCC(F)(F)F. The fraction of sp³-hybridized carbons (Fsp3) is 0.500. The minimum absolute atomic E-state index is 0.143. The van der Waals surface area contributed by atoms with Crippen LogP contribution in [0.15, 0.2) is 58.3 Å². The fourth-order valence-electron chi connectivity index (χ4n) is 2.29. The number of halogens is 7. The minimum atomic E-state index is -4.67. The van der Waals surface area contributed by atoms with Crippen molar-refractivity contribution < 1.29 is 52.5 Å². The van der Waals surface area contributed by atoms with Crippen LogP contribution in [0.3, 0.4) is 0 Å². The Kier molecular flexibility index (Phi) is 18.6. The highest BCUT2D eigenvalue weighted by Crippen LogP contribution is 2.19. The molecule has 7 nitrogen and oxygen atoms in total. The fourth-order valence-corrected chi connectivity index (χ4v) is 3.95. The largest absolute Gasteiger partial charge is 0.413 e. The summed E-state index contributed by atoms with van der Waals surface area (Å²) in [6, 6.07) is 11.7. The number of benzene rings is 2. The molecule has 0 saturated heterocycles. The Hall–Kier alpha value is -1.91. The molecule has 0 atom stereocenters. The van der Waals surface area contributed by atoms with Gasteiger partial charge in [0, 0.05) is 10.7 Å². The summed E-state index contributed by atoms with van der Waals surface area (Å²) < 4.78 is 115. The van der Waals surface area contributed by atoms with Crippen LogP contribution in [-0.2, 0) is 23.4 Å². The second-order valence-electron chi connectivity index (χ2n) is 7.79. The zero-order chi connectivity index (χ0) is 31.8.